The monoisotopic (exact) mass is 251 g/mol. The minimum atomic E-state index is -0.933. The fourth-order valence-corrected chi connectivity index (χ4v) is 4.35. The maximum Gasteiger partial charge on any atom is 0.119 e. The van der Waals surface area contributed by atoms with Crippen LogP contribution < -0.4 is 10.1 Å². The van der Waals surface area contributed by atoms with Crippen molar-refractivity contribution in [2.75, 3.05) is 19.0 Å². The van der Waals surface area contributed by atoms with Gasteiger partial charge in [0.1, 0.15) is 5.75 Å². The molecule has 0 spiro atoms. The summed E-state index contributed by atoms with van der Waals surface area (Å²) in [5, 5.41) is 3.48. The largest absolute Gasteiger partial charge is 0.497 e. The first-order chi connectivity index (χ1) is 7.90. The molecule has 0 aliphatic heterocycles. The number of methoxy groups -OCH3 is 1. The zero-order valence-corrected chi connectivity index (χ0v) is 12.7. The van der Waals surface area contributed by atoms with Crippen LogP contribution in [-0.4, -0.2) is 21.7 Å². The highest BCUT2D eigenvalue weighted by molar-refractivity contribution is 6.76. The van der Waals surface area contributed by atoms with Crippen LogP contribution in [0.15, 0.2) is 24.3 Å². The molecule has 1 aromatic carbocycles. The van der Waals surface area contributed by atoms with Gasteiger partial charge in [-0.15, -0.1) is 0 Å². The molecule has 0 heterocycles. The molecule has 0 aliphatic carbocycles. The van der Waals surface area contributed by atoms with Crippen molar-refractivity contribution in [3.05, 3.63) is 24.3 Å². The Morgan fingerprint density at radius 1 is 1.18 bits per heavy atom. The van der Waals surface area contributed by atoms with Crippen LogP contribution in [-0.2, 0) is 0 Å². The summed E-state index contributed by atoms with van der Waals surface area (Å²) in [5.74, 6) is 1.65. The minimum absolute atomic E-state index is 0.740. The van der Waals surface area contributed by atoms with E-state index in [2.05, 4.69) is 44.0 Å². The Morgan fingerprint density at radius 3 is 2.24 bits per heavy atom. The number of anilines is 1. The van der Waals surface area contributed by atoms with Crippen LogP contribution >= 0.6 is 0 Å². The van der Waals surface area contributed by atoms with Gasteiger partial charge in [-0.3, -0.25) is 0 Å². The number of nitrogens with one attached hydrogen (secondary N) is 1. The van der Waals surface area contributed by atoms with E-state index in [-0.39, 0.29) is 0 Å². The third-order valence-corrected chi connectivity index (χ3v) is 4.63. The average Bonchev–Trinajstić information content (AvgIpc) is 2.25. The van der Waals surface area contributed by atoms with Gasteiger partial charge in [0.15, 0.2) is 0 Å². The average molecular weight is 251 g/mol. The number of rotatable bonds is 6. The molecule has 96 valence electrons. The van der Waals surface area contributed by atoms with Crippen LogP contribution in [0.25, 0.3) is 0 Å². The lowest BCUT2D eigenvalue weighted by Gasteiger charge is -2.22. The Bertz CT molecular complexity index is 329. The first-order valence-corrected chi connectivity index (χ1v) is 9.99. The van der Waals surface area contributed by atoms with Crippen LogP contribution in [0.1, 0.15) is 6.92 Å². The number of benzene rings is 1. The molecule has 0 radical (unpaired) electrons. The molecule has 1 N–H and O–H groups in total. The van der Waals surface area contributed by atoms with Crippen molar-refractivity contribution in [3.63, 3.8) is 0 Å². The molecule has 1 rings (SSSR count). The normalized spacial score (nSPS) is 13.2. The molecule has 1 atom stereocenters. The standard InChI is InChI=1S/C14H25NOSi/c1-12(11-17(3,4)5)10-15-13-6-8-14(16-2)9-7-13/h6-9,12,15H,10-11H2,1-5H3. The predicted molar refractivity (Wildman–Crippen MR) is 78.8 cm³/mol. The first-order valence-electron chi connectivity index (χ1n) is 6.28. The van der Waals surface area contributed by atoms with Crippen molar-refractivity contribution in [1.82, 2.24) is 0 Å². The molecule has 0 saturated heterocycles. The molecule has 1 aromatic rings. The van der Waals surface area contributed by atoms with Crippen LogP contribution in [0.5, 0.6) is 5.75 Å². The van der Waals surface area contributed by atoms with E-state index in [1.807, 2.05) is 12.1 Å². The number of ether oxygens (including phenoxy) is 1. The Kier molecular flexibility index (Phi) is 5.06. The molecule has 2 nitrogen and oxygen atoms in total. The number of hydrogen-bond donors (Lipinski definition) is 1. The summed E-state index contributed by atoms with van der Waals surface area (Å²) in [6.07, 6.45) is 0. The summed E-state index contributed by atoms with van der Waals surface area (Å²) < 4.78 is 5.14. The van der Waals surface area contributed by atoms with E-state index < -0.39 is 8.07 Å². The van der Waals surface area contributed by atoms with E-state index >= 15 is 0 Å². The zero-order chi connectivity index (χ0) is 12.9. The molecular formula is C14H25NOSi. The van der Waals surface area contributed by atoms with Gasteiger partial charge >= 0.3 is 0 Å². The molecule has 17 heavy (non-hydrogen) atoms. The van der Waals surface area contributed by atoms with E-state index in [1.165, 1.54) is 11.7 Å². The van der Waals surface area contributed by atoms with Crippen molar-refractivity contribution in [1.29, 1.82) is 0 Å². The van der Waals surface area contributed by atoms with Gasteiger partial charge in [-0.1, -0.05) is 32.6 Å². The predicted octanol–water partition coefficient (Wildman–Crippen LogP) is 4.08. The maximum atomic E-state index is 5.14. The molecule has 0 amide bonds. The van der Waals surface area contributed by atoms with Crippen LogP contribution in [0.4, 0.5) is 5.69 Å². The van der Waals surface area contributed by atoms with E-state index in [0.717, 1.165) is 18.2 Å². The molecular weight excluding hydrogens is 226 g/mol. The highest BCUT2D eigenvalue weighted by Gasteiger charge is 2.16. The summed E-state index contributed by atoms with van der Waals surface area (Å²) in [6.45, 7) is 10.7. The second kappa shape index (κ2) is 6.10. The minimum Gasteiger partial charge on any atom is -0.497 e. The molecule has 0 bridgehead atoms. The lowest BCUT2D eigenvalue weighted by molar-refractivity contribution is 0.415. The Morgan fingerprint density at radius 2 is 1.76 bits per heavy atom. The highest BCUT2D eigenvalue weighted by atomic mass is 28.3. The molecule has 0 aliphatic rings. The van der Waals surface area contributed by atoms with Crippen molar-refractivity contribution in [2.24, 2.45) is 5.92 Å². The second-order valence-electron chi connectivity index (χ2n) is 5.98. The topological polar surface area (TPSA) is 21.3 Å². The summed E-state index contributed by atoms with van der Waals surface area (Å²) in [5.41, 5.74) is 1.17. The van der Waals surface area contributed by atoms with Gasteiger partial charge in [0.25, 0.3) is 0 Å². The highest BCUT2D eigenvalue weighted by Crippen LogP contribution is 2.19. The summed E-state index contributed by atoms with van der Waals surface area (Å²) in [7, 11) is 0.760. The van der Waals surface area contributed by atoms with E-state index in [1.54, 1.807) is 7.11 Å². The van der Waals surface area contributed by atoms with E-state index in [0.29, 0.717) is 0 Å². The van der Waals surface area contributed by atoms with Gasteiger partial charge in [-0.2, -0.15) is 0 Å². The van der Waals surface area contributed by atoms with Crippen molar-refractivity contribution in [2.45, 2.75) is 32.6 Å². The fourth-order valence-electron chi connectivity index (χ4n) is 2.12. The molecule has 3 heteroatoms. The summed E-state index contributed by atoms with van der Waals surface area (Å²) >= 11 is 0. The molecule has 1 unspecified atom stereocenters. The van der Waals surface area contributed by atoms with Crippen molar-refractivity contribution >= 4 is 13.8 Å². The fraction of sp³-hybridized carbons (Fsp3) is 0.571. The lowest BCUT2D eigenvalue weighted by atomic mass is 10.2. The van der Waals surface area contributed by atoms with Gasteiger partial charge < -0.3 is 10.1 Å². The van der Waals surface area contributed by atoms with Gasteiger partial charge in [0.2, 0.25) is 0 Å². The van der Waals surface area contributed by atoms with Gasteiger partial charge in [0, 0.05) is 20.3 Å². The molecule has 0 saturated carbocycles. The summed E-state index contributed by atoms with van der Waals surface area (Å²) in [4.78, 5) is 0. The smallest absolute Gasteiger partial charge is 0.119 e. The van der Waals surface area contributed by atoms with Gasteiger partial charge in [0.05, 0.1) is 7.11 Å². The molecule has 0 aromatic heterocycles. The van der Waals surface area contributed by atoms with Crippen LogP contribution in [0.3, 0.4) is 0 Å². The third-order valence-electron chi connectivity index (χ3n) is 2.71. The maximum absolute atomic E-state index is 5.14. The second-order valence-corrected chi connectivity index (χ2v) is 11.5. The summed E-state index contributed by atoms with van der Waals surface area (Å²) in [6, 6.07) is 9.49. The van der Waals surface area contributed by atoms with Crippen LogP contribution in [0.2, 0.25) is 25.7 Å². The Hall–Kier alpha value is -0.963. The zero-order valence-electron chi connectivity index (χ0n) is 11.7. The van der Waals surface area contributed by atoms with E-state index in [4.69, 9.17) is 4.74 Å². The van der Waals surface area contributed by atoms with E-state index in [9.17, 15) is 0 Å². The van der Waals surface area contributed by atoms with Gasteiger partial charge in [-0.25, -0.2) is 0 Å². The lowest BCUT2D eigenvalue weighted by Crippen LogP contribution is -2.25. The quantitative estimate of drug-likeness (QED) is 0.769. The Labute approximate surface area is 106 Å². The van der Waals surface area contributed by atoms with Gasteiger partial charge in [-0.05, 0) is 30.2 Å². The van der Waals surface area contributed by atoms with Crippen LogP contribution in [0, 0.1) is 5.92 Å². The SMILES string of the molecule is COc1ccc(NCC(C)C[Si](C)(C)C)cc1. The third kappa shape index (κ3) is 5.77. The number of hydrogen-bond acceptors (Lipinski definition) is 2. The van der Waals surface area contributed by atoms with Crippen molar-refractivity contribution < 1.29 is 4.74 Å². The Balaban J connectivity index is 2.39. The van der Waals surface area contributed by atoms with Crippen molar-refractivity contribution in [3.8, 4) is 5.75 Å². The molecule has 0 fully saturated rings. The first kappa shape index (κ1) is 14.1.